The molecule has 0 atom stereocenters. The fourth-order valence-electron chi connectivity index (χ4n) is 1.51. The molecule has 0 bridgehead atoms. The maximum Gasteiger partial charge on any atom is 0.244 e. The van der Waals surface area contributed by atoms with Gasteiger partial charge in [0, 0.05) is 7.05 Å². The molecular weight excluding hydrogens is 335 g/mol. The fraction of sp³-hybridized carbons (Fsp3) is 0.167. The number of aromatic nitrogens is 2. The average molecular weight is 347 g/mol. The van der Waals surface area contributed by atoms with Crippen LogP contribution in [0.15, 0.2) is 41.4 Å². The SMILES string of the molecule is CN(CNc1nc(Cl)ncc1Cl)S(=O)(=O)c1ccccc1. The Balaban J connectivity index is 2.11. The normalized spacial score (nSPS) is 11.6. The third-order valence-corrected chi connectivity index (χ3v) is 4.91. The number of nitrogens with zero attached hydrogens (tertiary/aromatic N) is 3. The number of sulfonamides is 1. The molecule has 0 aliphatic rings. The van der Waals surface area contributed by atoms with E-state index in [1.807, 2.05) is 0 Å². The van der Waals surface area contributed by atoms with Crippen molar-refractivity contribution in [2.24, 2.45) is 0 Å². The summed E-state index contributed by atoms with van der Waals surface area (Å²) in [5.41, 5.74) is 0. The van der Waals surface area contributed by atoms with Crippen LogP contribution in [0.3, 0.4) is 0 Å². The van der Waals surface area contributed by atoms with Gasteiger partial charge in [-0.05, 0) is 23.7 Å². The molecule has 21 heavy (non-hydrogen) atoms. The standard InChI is InChI=1S/C12H12Cl2N4O2S/c1-18(21(19,20)9-5-3-2-4-6-9)8-16-11-10(13)7-15-12(14)17-11/h2-7H,8H2,1H3,(H,15,16,17). The van der Waals surface area contributed by atoms with Gasteiger partial charge in [0.2, 0.25) is 15.3 Å². The average Bonchev–Trinajstić information content (AvgIpc) is 2.48. The molecule has 0 unspecified atom stereocenters. The second-order valence-electron chi connectivity index (χ2n) is 4.09. The van der Waals surface area contributed by atoms with Gasteiger partial charge in [-0.25, -0.2) is 13.4 Å². The molecule has 0 radical (unpaired) electrons. The molecule has 0 saturated heterocycles. The zero-order chi connectivity index (χ0) is 15.5. The summed E-state index contributed by atoms with van der Waals surface area (Å²) in [6.45, 7) is -0.00963. The van der Waals surface area contributed by atoms with Gasteiger partial charge in [0.05, 0.1) is 17.8 Å². The van der Waals surface area contributed by atoms with E-state index in [1.165, 1.54) is 25.4 Å². The summed E-state index contributed by atoms with van der Waals surface area (Å²) in [7, 11) is -2.13. The minimum Gasteiger partial charge on any atom is -0.355 e. The Morgan fingerprint density at radius 3 is 2.57 bits per heavy atom. The molecule has 112 valence electrons. The number of nitrogens with one attached hydrogen (secondary N) is 1. The van der Waals surface area contributed by atoms with Crippen molar-refractivity contribution in [1.82, 2.24) is 14.3 Å². The molecule has 2 aromatic rings. The van der Waals surface area contributed by atoms with Crippen LogP contribution in [-0.2, 0) is 10.0 Å². The number of rotatable bonds is 5. The molecule has 0 amide bonds. The van der Waals surface area contributed by atoms with E-state index in [9.17, 15) is 8.42 Å². The molecule has 0 saturated carbocycles. The Hall–Kier alpha value is -1.41. The second kappa shape index (κ2) is 6.57. The van der Waals surface area contributed by atoms with Gasteiger partial charge in [0.25, 0.3) is 0 Å². The van der Waals surface area contributed by atoms with Crippen LogP contribution in [0.4, 0.5) is 5.82 Å². The van der Waals surface area contributed by atoms with Crippen molar-refractivity contribution >= 4 is 39.0 Å². The monoisotopic (exact) mass is 346 g/mol. The molecule has 0 aliphatic heterocycles. The quantitative estimate of drug-likeness (QED) is 0.664. The largest absolute Gasteiger partial charge is 0.355 e. The Labute approximate surface area is 132 Å². The van der Waals surface area contributed by atoms with Crippen LogP contribution in [0.5, 0.6) is 0 Å². The van der Waals surface area contributed by atoms with Gasteiger partial charge in [-0.15, -0.1) is 0 Å². The number of halogens is 2. The van der Waals surface area contributed by atoms with E-state index < -0.39 is 10.0 Å². The molecule has 1 aromatic carbocycles. The number of hydrogen-bond acceptors (Lipinski definition) is 5. The summed E-state index contributed by atoms with van der Waals surface area (Å²) in [6.07, 6.45) is 1.34. The molecule has 0 aliphatic carbocycles. The molecule has 9 heteroatoms. The Kier molecular flexibility index (Phi) is 5.00. The zero-order valence-electron chi connectivity index (χ0n) is 11.0. The minimum atomic E-state index is -3.58. The highest BCUT2D eigenvalue weighted by Crippen LogP contribution is 2.20. The molecule has 1 N–H and O–H groups in total. The van der Waals surface area contributed by atoms with E-state index in [1.54, 1.807) is 18.2 Å². The van der Waals surface area contributed by atoms with Gasteiger partial charge < -0.3 is 5.32 Å². The van der Waals surface area contributed by atoms with E-state index in [0.717, 1.165) is 4.31 Å². The summed E-state index contributed by atoms with van der Waals surface area (Å²) in [5.74, 6) is 0.270. The zero-order valence-corrected chi connectivity index (χ0v) is 13.3. The van der Waals surface area contributed by atoms with Crippen molar-refractivity contribution in [2.75, 3.05) is 19.0 Å². The molecule has 1 heterocycles. The molecule has 0 spiro atoms. The Morgan fingerprint density at radius 2 is 1.90 bits per heavy atom. The van der Waals surface area contributed by atoms with Crippen molar-refractivity contribution in [3.8, 4) is 0 Å². The van der Waals surface area contributed by atoms with Gasteiger partial charge in [0.1, 0.15) is 5.02 Å². The molecule has 1 aromatic heterocycles. The van der Waals surface area contributed by atoms with Gasteiger partial charge in [-0.3, -0.25) is 0 Å². The van der Waals surface area contributed by atoms with Crippen molar-refractivity contribution in [3.63, 3.8) is 0 Å². The van der Waals surface area contributed by atoms with Gasteiger partial charge in [-0.2, -0.15) is 9.29 Å². The number of hydrogen-bond donors (Lipinski definition) is 1. The van der Waals surface area contributed by atoms with E-state index in [-0.39, 0.29) is 27.7 Å². The van der Waals surface area contributed by atoms with Crippen LogP contribution in [0.25, 0.3) is 0 Å². The van der Waals surface area contributed by atoms with Crippen molar-refractivity contribution in [1.29, 1.82) is 0 Å². The summed E-state index contributed by atoms with van der Waals surface area (Å²) < 4.78 is 25.7. The summed E-state index contributed by atoms with van der Waals surface area (Å²) in [4.78, 5) is 7.81. The second-order valence-corrected chi connectivity index (χ2v) is 6.88. The lowest BCUT2D eigenvalue weighted by molar-refractivity contribution is 0.489. The van der Waals surface area contributed by atoms with Crippen LogP contribution in [0, 0.1) is 0 Å². The molecule has 0 fully saturated rings. The van der Waals surface area contributed by atoms with Crippen LogP contribution >= 0.6 is 23.2 Å². The van der Waals surface area contributed by atoms with Crippen LogP contribution < -0.4 is 5.32 Å². The van der Waals surface area contributed by atoms with Gasteiger partial charge in [0.15, 0.2) is 5.82 Å². The Bertz CT molecular complexity index is 725. The van der Waals surface area contributed by atoms with E-state index in [0.29, 0.717) is 0 Å². The summed E-state index contributed by atoms with van der Waals surface area (Å²) >= 11 is 11.6. The summed E-state index contributed by atoms with van der Waals surface area (Å²) in [6, 6.07) is 8.13. The van der Waals surface area contributed by atoms with Gasteiger partial charge >= 0.3 is 0 Å². The predicted octanol–water partition coefficient (Wildman–Crippen LogP) is 2.47. The summed E-state index contributed by atoms with van der Waals surface area (Å²) in [5, 5.41) is 3.09. The number of benzene rings is 1. The van der Waals surface area contributed by atoms with Crippen LogP contribution in [0.2, 0.25) is 10.3 Å². The van der Waals surface area contributed by atoms with E-state index >= 15 is 0 Å². The van der Waals surface area contributed by atoms with Crippen LogP contribution in [-0.4, -0.2) is 36.4 Å². The highest BCUT2D eigenvalue weighted by molar-refractivity contribution is 7.89. The molecule has 2 rings (SSSR count). The molecule has 6 nitrogen and oxygen atoms in total. The van der Waals surface area contributed by atoms with Crippen molar-refractivity contribution in [2.45, 2.75) is 4.90 Å². The van der Waals surface area contributed by atoms with Crippen molar-refractivity contribution < 1.29 is 8.42 Å². The van der Waals surface area contributed by atoms with Crippen LogP contribution in [0.1, 0.15) is 0 Å². The smallest absolute Gasteiger partial charge is 0.244 e. The van der Waals surface area contributed by atoms with Crippen molar-refractivity contribution in [3.05, 3.63) is 46.8 Å². The lowest BCUT2D eigenvalue weighted by Crippen LogP contribution is -2.32. The lowest BCUT2D eigenvalue weighted by Gasteiger charge is -2.18. The van der Waals surface area contributed by atoms with E-state index in [2.05, 4.69) is 15.3 Å². The Morgan fingerprint density at radius 1 is 1.24 bits per heavy atom. The first kappa shape index (κ1) is 16.0. The number of anilines is 1. The third kappa shape index (κ3) is 3.82. The van der Waals surface area contributed by atoms with Gasteiger partial charge in [-0.1, -0.05) is 29.8 Å². The lowest BCUT2D eigenvalue weighted by atomic mass is 10.4. The maximum atomic E-state index is 12.3. The highest BCUT2D eigenvalue weighted by Gasteiger charge is 2.20. The fourth-order valence-corrected chi connectivity index (χ4v) is 2.90. The minimum absolute atomic E-state index is 0.00963. The maximum absolute atomic E-state index is 12.3. The third-order valence-electron chi connectivity index (χ3n) is 2.64. The van der Waals surface area contributed by atoms with E-state index in [4.69, 9.17) is 23.2 Å². The highest BCUT2D eigenvalue weighted by atomic mass is 35.5. The predicted molar refractivity (Wildman–Crippen MR) is 81.9 cm³/mol. The first-order valence-electron chi connectivity index (χ1n) is 5.84. The topological polar surface area (TPSA) is 75.2 Å². The first-order valence-corrected chi connectivity index (χ1v) is 8.04. The first-order chi connectivity index (χ1) is 9.91. The molecular formula is C12H12Cl2N4O2S.